The van der Waals surface area contributed by atoms with E-state index in [2.05, 4.69) is 25.2 Å². The lowest BCUT2D eigenvalue weighted by Gasteiger charge is -2.08. The fraction of sp³-hybridized carbons (Fsp3) is 0.143. The van der Waals surface area contributed by atoms with Crippen molar-refractivity contribution in [2.24, 2.45) is 0 Å². The average molecular weight is 354 g/mol. The molecule has 3 aromatic rings. The maximum absolute atomic E-state index is 12.4. The number of hydrogen-bond acceptors (Lipinski definition) is 6. The summed E-state index contributed by atoms with van der Waals surface area (Å²) in [5, 5.41) is 15.4. The Morgan fingerprint density at radius 1 is 1.21 bits per heavy atom. The molecule has 0 unspecified atom stereocenters. The highest BCUT2D eigenvalue weighted by Crippen LogP contribution is 2.28. The van der Waals surface area contributed by atoms with Crippen molar-refractivity contribution in [2.45, 2.75) is 13.2 Å². The Labute approximate surface area is 139 Å². The Hall–Kier alpha value is -2.81. The number of benzene rings is 1. The second-order valence-electron chi connectivity index (χ2n) is 4.50. The number of nitrogens with zero attached hydrogens (tertiary/aromatic N) is 5. The van der Waals surface area contributed by atoms with E-state index in [1.165, 1.54) is 23.0 Å². The van der Waals surface area contributed by atoms with Gasteiger partial charge in [0.1, 0.15) is 18.1 Å². The second kappa shape index (κ2) is 7.18. The van der Waals surface area contributed by atoms with Crippen LogP contribution in [0.3, 0.4) is 0 Å². The number of aromatic nitrogens is 5. The van der Waals surface area contributed by atoms with E-state index >= 15 is 0 Å². The summed E-state index contributed by atoms with van der Waals surface area (Å²) >= 11 is 5.81. The van der Waals surface area contributed by atoms with E-state index in [9.17, 15) is 8.78 Å². The zero-order chi connectivity index (χ0) is 16.9. The molecule has 7 nitrogen and oxygen atoms in total. The first-order chi connectivity index (χ1) is 11.6. The van der Waals surface area contributed by atoms with Crippen LogP contribution < -0.4 is 9.47 Å². The number of ether oxygens (including phenoxy) is 2. The zero-order valence-electron chi connectivity index (χ0n) is 12.0. The molecule has 0 fully saturated rings. The summed E-state index contributed by atoms with van der Waals surface area (Å²) in [4.78, 5) is 0. The van der Waals surface area contributed by atoms with Crippen molar-refractivity contribution in [3.05, 3.63) is 53.4 Å². The fourth-order valence-electron chi connectivity index (χ4n) is 1.82. The molecular formula is C14H10ClF2N5O2. The molecule has 0 radical (unpaired) electrons. The normalized spacial score (nSPS) is 10.8. The van der Waals surface area contributed by atoms with Crippen molar-refractivity contribution in [1.82, 2.24) is 25.2 Å². The van der Waals surface area contributed by atoms with E-state index in [1.807, 2.05) is 0 Å². The first-order valence-electron chi connectivity index (χ1n) is 6.68. The summed E-state index contributed by atoms with van der Waals surface area (Å²) in [5.41, 5.74) is 0.986. The van der Waals surface area contributed by atoms with Crippen LogP contribution in [0.2, 0.25) is 5.02 Å². The highest BCUT2D eigenvalue weighted by Gasteiger charge is 2.11. The van der Waals surface area contributed by atoms with Crippen molar-refractivity contribution in [1.29, 1.82) is 0 Å². The van der Waals surface area contributed by atoms with Gasteiger partial charge in [-0.1, -0.05) is 16.8 Å². The third kappa shape index (κ3) is 3.93. The van der Waals surface area contributed by atoms with Gasteiger partial charge in [-0.25, -0.2) is 4.68 Å². The predicted molar refractivity (Wildman–Crippen MR) is 79.4 cm³/mol. The van der Waals surface area contributed by atoms with Gasteiger partial charge in [-0.3, -0.25) is 0 Å². The molecule has 2 aromatic heterocycles. The summed E-state index contributed by atoms with van der Waals surface area (Å²) in [6, 6.07) is 7.73. The van der Waals surface area contributed by atoms with Crippen LogP contribution in [0.25, 0.3) is 5.69 Å². The maximum atomic E-state index is 12.4. The van der Waals surface area contributed by atoms with Gasteiger partial charge >= 0.3 is 6.61 Å². The van der Waals surface area contributed by atoms with Crippen LogP contribution in [0.15, 0.2) is 42.7 Å². The third-order valence-electron chi connectivity index (χ3n) is 2.85. The molecule has 10 heteroatoms. The lowest BCUT2D eigenvalue weighted by Crippen LogP contribution is -2.03. The smallest absolute Gasteiger partial charge is 0.387 e. The summed E-state index contributed by atoms with van der Waals surface area (Å²) in [5.74, 6) is 0.211. The molecule has 0 aliphatic rings. The Balaban J connectivity index is 1.73. The molecule has 124 valence electrons. The van der Waals surface area contributed by atoms with Crippen molar-refractivity contribution in [3.8, 4) is 17.3 Å². The summed E-state index contributed by atoms with van der Waals surface area (Å²) in [7, 11) is 0. The lowest BCUT2D eigenvalue weighted by atomic mass is 10.3. The van der Waals surface area contributed by atoms with Crippen LogP contribution in [0.1, 0.15) is 5.69 Å². The molecular weight excluding hydrogens is 344 g/mol. The van der Waals surface area contributed by atoms with Crippen LogP contribution in [0, 0.1) is 0 Å². The van der Waals surface area contributed by atoms with Gasteiger partial charge in [0.2, 0.25) is 5.88 Å². The highest BCUT2D eigenvalue weighted by molar-refractivity contribution is 6.32. The Morgan fingerprint density at radius 2 is 2.08 bits per heavy atom. The monoisotopic (exact) mass is 353 g/mol. The molecule has 0 bridgehead atoms. The Kier molecular flexibility index (Phi) is 4.80. The standard InChI is InChI=1S/C14H10ClF2N5O2/c15-11-4-3-10(6-12(11)24-14(16)17)22-7-9(19-21-22)8-23-13-2-1-5-18-20-13/h1-7,14H,8H2. The van der Waals surface area contributed by atoms with Gasteiger partial charge in [-0.2, -0.15) is 13.9 Å². The average Bonchev–Trinajstić information content (AvgIpc) is 3.04. The van der Waals surface area contributed by atoms with Crippen molar-refractivity contribution in [3.63, 3.8) is 0 Å². The van der Waals surface area contributed by atoms with Gasteiger partial charge in [-0.05, 0) is 18.2 Å². The van der Waals surface area contributed by atoms with Gasteiger partial charge < -0.3 is 9.47 Å². The van der Waals surface area contributed by atoms with Gasteiger partial charge in [0.25, 0.3) is 0 Å². The van der Waals surface area contributed by atoms with Gasteiger partial charge in [-0.15, -0.1) is 10.2 Å². The topological polar surface area (TPSA) is 75.0 Å². The van der Waals surface area contributed by atoms with E-state index in [4.69, 9.17) is 16.3 Å². The second-order valence-corrected chi connectivity index (χ2v) is 4.91. The minimum atomic E-state index is -2.97. The number of alkyl halides is 2. The van der Waals surface area contributed by atoms with Crippen molar-refractivity contribution in [2.75, 3.05) is 0 Å². The summed E-state index contributed by atoms with van der Waals surface area (Å²) in [6.07, 6.45) is 3.12. The fourth-order valence-corrected chi connectivity index (χ4v) is 1.99. The largest absolute Gasteiger partial charge is 0.470 e. The molecule has 0 saturated heterocycles. The van der Waals surface area contributed by atoms with Crippen LogP contribution >= 0.6 is 11.6 Å². The molecule has 0 amide bonds. The third-order valence-corrected chi connectivity index (χ3v) is 3.16. The van der Waals surface area contributed by atoms with Gasteiger partial charge in [0.15, 0.2) is 0 Å². The number of halogens is 3. The molecule has 3 rings (SSSR count). The molecule has 0 aliphatic carbocycles. The van der Waals surface area contributed by atoms with Gasteiger partial charge in [0.05, 0.1) is 16.9 Å². The Bertz CT molecular complexity index is 816. The molecule has 24 heavy (non-hydrogen) atoms. The first kappa shape index (κ1) is 16.1. The van der Waals surface area contributed by atoms with Crippen LogP contribution in [0.4, 0.5) is 8.78 Å². The molecule has 0 N–H and O–H groups in total. The molecule has 0 saturated carbocycles. The molecule has 0 spiro atoms. The Morgan fingerprint density at radius 3 is 2.83 bits per heavy atom. The summed E-state index contributed by atoms with van der Waals surface area (Å²) < 4.78 is 35.9. The minimum absolute atomic E-state index is 0.0744. The number of hydrogen-bond donors (Lipinski definition) is 0. The SMILES string of the molecule is FC(F)Oc1cc(-n2cc(COc3cccnn3)nn2)ccc1Cl. The maximum Gasteiger partial charge on any atom is 0.387 e. The van der Waals surface area contributed by atoms with E-state index in [0.29, 0.717) is 17.3 Å². The van der Waals surface area contributed by atoms with Gasteiger partial charge in [0, 0.05) is 18.3 Å². The van der Waals surface area contributed by atoms with Crippen LogP contribution in [-0.2, 0) is 6.61 Å². The first-order valence-corrected chi connectivity index (χ1v) is 7.06. The van der Waals surface area contributed by atoms with Crippen LogP contribution in [-0.4, -0.2) is 31.8 Å². The quantitative estimate of drug-likeness (QED) is 0.678. The molecule has 1 aromatic carbocycles. The number of rotatable bonds is 6. The zero-order valence-corrected chi connectivity index (χ0v) is 12.8. The molecule has 2 heterocycles. The van der Waals surface area contributed by atoms with Crippen molar-refractivity contribution < 1.29 is 18.3 Å². The van der Waals surface area contributed by atoms with Crippen molar-refractivity contribution >= 4 is 11.6 Å². The predicted octanol–water partition coefficient (Wildman–Crippen LogP) is 2.89. The van der Waals surface area contributed by atoms with E-state index in [1.54, 1.807) is 24.4 Å². The minimum Gasteiger partial charge on any atom is -0.470 e. The summed E-state index contributed by atoms with van der Waals surface area (Å²) in [6.45, 7) is -2.84. The molecule has 0 atom stereocenters. The lowest BCUT2D eigenvalue weighted by molar-refractivity contribution is -0.0497. The molecule has 0 aliphatic heterocycles. The van der Waals surface area contributed by atoms with E-state index < -0.39 is 6.61 Å². The highest BCUT2D eigenvalue weighted by atomic mass is 35.5. The van der Waals surface area contributed by atoms with E-state index in [0.717, 1.165) is 0 Å². The van der Waals surface area contributed by atoms with Crippen LogP contribution in [0.5, 0.6) is 11.6 Å². The van der Waals surface area contributed by atoms with E-state index in [-0.39, 0.29) is 17.4 Å².